The van der Waals surface area contributed by atoms with Gasteiger partial charge >= 0.3 is 5.97 Å². The Labute approximate surface area is 261 Å². The lowest BCUT2D eigenvalue weighted by atomic mass is 9.95. The third-order valence-corrected chi connectivity index (χ3v) is 8.95. The molecule has 1 heterocycles. The SMILES string of the molecule is COc1cc2c(c(OC)c1OC)-c1ccc(N[C@H](CCSC)C(=O)N3CCC(C(=O)O)CC3)c(=O)cc1[C@H](NC(C)=O)CC2. The van der Waals surface area contributed by atoms with Crippen molar-refractivity contribution in [2.24, 2.45) is 5.92 Å². The van der Waals surface area contributed by atoms with Gasteiger partial charge in [-0.2, -0.15) is 11.8 Å². The van der Waals surface area contributed by atoms with E-state index < -0.39 is 24.0 Å². The highest BCUT2D eigenvalue weighted by atomic mass is 32.2. The topological polar surface area (TPSA) is 144 Å². The number of anilines is 1. The second kappa shape index (κ2) is 14.7. The van der Waals surface area contributed by atoms with Gasteiger partial charge in [-0.05, 0) is 79.0 Å². The molecule has 0 unspecified atom stereocenters. The molecule has 44 heavy (non-hydrogen) atoms. The van der Waals surface area contributed by atoms with Crippen LogP contribution in [0.4, 0.5) is 5.69 Å². The van der Waals surface area contributed by atoms with Crippen molar-refractivity contribution in [3.8, 4) is 28.4 Å². The molecule has 2 aromatic carbocycles. The smallest absolute Gasteiger partial charge is 0.306 e. The van der Waals surface area contributed by atoms with Gasteiger partial charge in [0.1, 0.15) is 6.04 Å². The molecule has 2 atom stereocenters. The molecule has 2 aliphatic rings. The van der Waals surface area contributed by atoms with Gasteiger partial charge in [0.05, 0.1) is 39.0 Å². The number of rotatable bonds is 11. The predicted molar refractivity (Wildman–Crippen MR) is 170 cm³/mol. The van der Waals surface area contributed by atoms with Crippen LogP contribution in [-0.4, -0.2) is 80.3 Å². The van der Waals surface area contributed by atoms with E-state index in [4.69, 9.17) is 14.2 Å². The van der Waals surface area contributed by atoms with E-state index in [9.17, 15) is 24.3 Å². The number of piperidine rings is 1. The Morgan fingerprint density at radius 1 is 1.05 bits per heavy atom. The van der Waals surface area contributed by atoms with Crippen molar-refractivity contribution >= 4 is 35.2 Å². The van der Waals surface area contributed by atoms with Gasteiger partial charge in [-0.15, -0.1) is 0 Å². The van der Waals surface area contributed by atoms with Crippen LogP contribution in [-0.2, 0) is 20.8 Å². The zero-order chi connectivity index (χ0) is 32.0. The fraction of sp³-hybridized carbons (Fsp3) is 0.500. The van der Waals surface area contributed by atoms with Crippen molar-refractivity contribution in [1.82, 2.24) is 10.2 Å². The molecule has 238 valence electrons. The maximum absolute atomic E-state index is 13.8. The minimum atomic E-state index is -0.839. The van der Waals surface area contributed by atoms with E-state index in [1.807, 2.05) is 18.4 Å². The summed E-state index contributed by atoms with van der Waals surface area (Å²) in [5.74, 6) is 0.400. The molecule has 0 radical (unpaired) electrons. The highest BCUT2D eigenvalue weighted by Gasteiger charge is 2.32. The highest BCUT2D eigenvalue weighted by molar-refractivity contribution is 7.98. The summed E-state index contributed by atoms with van der Waals surface area (Å²) >= 11 is 1.60. The lowest BCUT2D eigenvalue weighted by Crippen LogP contribution is -2.47. The number of amides is 2. The zero-order valence-corrected chi connectivity index (χ0v) is 26.7. The summed E-state index contributed by atoms with van der Waals surface area (Å²) in [6.45, 7) is 2.16. The third-order valence-electron chi connectivity index (χ3n) is 8.31. The van der Waals surface area contributed by atoms with Gasteiger partial charge in [-0.25, -0.2) is 0 Å². The first-order valence-corrected chi connectivity index (χ1v) is 16.1. The average Bonchev–Trinajstić information content (AvgIpc) is 3.26. The Balaban J connectivity index is 1.80. The van der Waals surface area contributed by atoms with E-state index in [1.165, 1.54) is 20.1 Å². The van der Waals surface area contributed by atoms with E-state index >= 15 is 0 Å². The second-order valence-electron chi connectivity index (χ2n) is 11.0. The lowest BCUT2D eigenvalue weighted by Gasteiger charge is -2.33. The summed E-state index contributed by atoms with van der Waals surface area (Å²) < 4.78 is 17.1. The summed E-state index contributed by atoms with van der Waals surface area (Å²) in [5.41, 5.74) is 2.91. The Morgan fingerprint density at radius 2 is 1.75 bits per heavy atom. The fourth-order valence-corrected chi connectivity index (χ4v) is 6.55. The van der Waals surface area contributed by atoms with Crippen LogP contribution in [0.5, 0.6) is 17.2 Å². The van der Waals surface area contributed by atoms with Gasteiger partial charge in [0.25, 0.3) is 0 Å². The number of carboxylic acids is 1. The van der Waals surface area contributed by atoms with Crippen molar-refractivity contribution in [2.45, 2.75) is 51.1 Å². The minimum Gasteiger partial charge on any atom is -0.493 e. The first-order valence-electron chi connectivity index (χ1n) is 14.7. The molecule has 0 saturated carbocycles. The molecule has 1 aliphatic heterocycles. The maximum atomic E-state index is 13.8. The molecule has 1 aliphatic carbocycles. The summed E-state index contributed by atoms with van der Waals surface area (Å²) in [6, 6.07) is 5.79. The molecule has 12 heteroatoms. The fourth-order valence-electron chi connectivity index (χ4n) is 6.07. The van der Waals surface area contributed by atoms with Crippen LogP contribution in [0.3, 0.4) is 0 Å². The molecule has 0 bridgehead atoms. The number of aryl methyl sites for hydroxylation is 1. The van der Waals surface area contributed by atoms with Gasteiger partial charge in [-0.1, -0.05) is 6.07 Å². The molecular weight excluding hydrogens is 586 g/mol. The molecule has 3 N–H and O–H groups in total. The van der Waals surface area contributed by atoms with E-state index in [0.717, 1.165) is 11.1 Å². The standard InChI is InChI=1S/C32H41N3O8S/c1-18(36)33-23-8-6-20-16-27(41-2)29(42-3)30(43-4)28(20)21-7-9-24(26(37)17-22(21)23)34-25(12-15-44-5)31(38)35-13-10-19(11-14-35)32(39)40/h7,9,16-17,19,23,25H,6,8,10-15H2,1-5H3,(H,33,36)(H,34,37)(H,39,40)/t23-,25-/m1/s1. The number of methoxy groups -OCH3 is 3. The Hall–Kier alpha value is -3.93. The average molecular weight is 628 g/mol. The van der Waals surface area contributed by atoms with Gasteiger partial charge in [-0.3, -0.25) is 19.2 Å². The number of nitrogens with one attached hydrogen (secondary N) is 2. The molecule has 0 aromatic heterocycles. The van der Waals surface area contributed by atoms with Crippen LogP contribution >= 0.6 is 11.8 Å². The molecular formula is C32H41N3O8S. The van der Waals surface area contributed by atoms with Crippen LogP contribution in [0.2, 0.25) is 0 Å². The maximum Gasteiger partial charge on any atom is 0.306 e. The molecule has 1 fully saturated rings. The van der Waals surface area contributed by atoms with Crippen LogP contribution < -0.4 is 30.3 Å². The van der Waals surface area contributed by atoms with Crippen molar-refractivity contribution in [2.75, 3.05) is 51.7 Å². The molecule has 0 spiro atoms. The van der Waals surface area contributed by atoms with Gasteiger partial charge in [0.15, 0.2) is 11.5 Å². The Kier molecular flexibility index (Phi) is 11.0. The predicted octanol–water partition coefficient (Wildman–Crippen LogP) is 3.72. The number of carbonyl (C=O) groups excluding carboxylic acids is 2. The van der Waals surface area contributed by atoms with Crippen LogP contribution in [0.15, 0.2) is 29.1 Å². The molecule has 2 aromatic rings. The van der Waals surface area contributed by atoms with Crippen molar-refractivity contribution in [3.63, 3.8) is 0 Å². The van der Waals surface area contributed by atoms with Crippen LogP contribution in [0.1, 0.15) is 49.8 Å². The number of thioether (sulfide) groups is 1. The number of benzene rings is 1. The monoisotopic (exact) mass is 627 g/mol. The van der Waals surface area contributed by atoms with E-state index in [2.05, 4.69) is 10.6 Å². The molecule has 11 nitrogen and oxygen atoms in total. The van der Waals surface area contributed by atoms with Crippen molar-refractivity contribution in [3.05, 3.63) is 45.6 Å². The quantitative estimate of drug-likeness (QED) is 0.337. The lowest BCUT2D eigenvalue weighted by molar-refractivity contribution is -0.145. The summed E-state index contributed by atoms with van der Waals surface area (Å²) in [5, 5.41) is 15.6. The minimum absolute atomic E-state index is 0.157. The van der Waals surface area contributed by atoms with Gasteiger partial charge < -0.3 is 34.9 Å². The summed E-state index contributed by atoms with van der Waals surface area (Å²) in [4.78, 5) is 52.8. The van der Waals surface area contributed by atoms with Crippen LogP contribution in [0, 0.1) is 5.92 Å². The van der Waals surface area contributed by atoms with E-state index in [-0.39, 0.29) is 22.9 Å². The number of likely N-dealkylation sites (tertiary alicyclic amines) is 1. The first-order chi connectivity index (χ1) is 21.1. The molecule has 2 amide bonds. The number of fused-ring (bicyclic) bond motifs is 3. The number of hydrogen-bond acceptors (Lipinski definition) is 9. The summed E-state index contributed by atoms with van der Waals surface area (Å²) in [7, 11) is 4.63. The highest BCUT2D eigenvalue weighted by Crippen LogP contribution is 2.50. The Morgan fingerprint density at radius 3 is 2.34 bits per heavy atom. The number of carbonyl (C=O) groups is 3. The molecule has 4 rings (SSSR count). The van der Waals surface area contributed by atoms with E-state index in [1.54, 1.807) is 36.9 Å². The number of nitrogens with zero attached hydrogens (tertiary/aromatic N) is 1. The van der Waals surface area contributed by atoms with Gasteiger partial charge in [0, 0.05) is 25.6 Å². The van der Waals surface area contributed by atoms with Crippen LogP contribution in [0.25, 0.3) is 11.1 Å². The second-order valence-corrected chi connectivity index (χ2v) is 12.0. The number of hydrogen-bond donors (Lipinski definition) is 3. The van der Waals surface area contributed by atoms with Crippen molar-refractivity contribution in [1.29, 1.82) is 0 Å². The van der Waals surface area contributed by atoms with Crippen molar-refractivity contribution < 1.29 is 33.7 Å². The first kappa shape index (κ1) is 33.0. The third kappa shape index (κ3) is 7.06. The molecule has 1 saturated heterocycles. The number of ether oxygens (including phenoxy) is 3. The van der Waals surface area contributed by atoms with Gasteiger partial charge in [0.2, 0.25) is 23.0 Å². The van der Waals surface area contributed by atoms with E-state index in [0.29, 0.717) is 79.3 Å². The number of carboxylic acid groups (broad SMARTS) is 1. The number of aliphatic carboxylic acids is 1. The summed E-state index contributed by atoms with van der Waals surface area (Å²) in [6.07, 6.45) is 4.35. The largest absolute Gasteiger partial charge is 0.493 e. The zero-order valence-electron chi connectivity index (χ0n) is 25.9. The Bertz CT molecular complexity index is 1460. The normalized spacial score (nSPS) is 16.9.